The van der Waals surface area contributed by atoms with E-state index in [1.165, 1.54) is 0 Å². The second kappa shape index (κ2) is 8.93. The summed E-state index contributed by atoms with van der Waals surface area (Å²) in [4.78, 5) is 49.3. The van der Waals surface area contributed by atoms with Crippen LogP contribution < -0.4 is 16.1 Å². The molecule has 0 fully saturated rings. The van der Waals surface area contributed by atoms with Crippen LogP contribution >= 0.6 is 0 Å². The molecule has 2 heterocycles. The zero-order valence-corrected chi connectivity index (χ0v) is 17.3. The predicted molar refractivity (Wildman–Crippen MR) is 117 cm³/mol. The van der Waals surface area contributed by atoms with Gasteiger partial charge in [0.25, 0.3) is 0 Å². The lowest BCUT2D eigenvalue weighted by atomic mass is 10.1. The van der Waals surface area contributed by atoms with Gasteiger partial charge in [-0.1, -0.05) is 24.3 Å². The standard InChI is InChI=1S/C23H21N3O6/c1-2-31-22(29)16-11-24-23(30)25-17(16)13-32-20(27)12-26-18-9-5-3-7-14(18)21(28)15-8-4-6-10-19(15)26/h3-10H,2,11-13H2,1H3,(H2,24,25,30). The lowest BCUT2D eigenvalue weighted by Crippen LogP contribution is -2.45. The highest BCUT2D eigenvalue weighted by atomic mass is 16.5. The van der Waals surface area contributed by atoms with Crippen LogP contribution in [0.3, 0.4) is 0 Å². The van der Waals surface area contributed by atoms with Crippen LogP contribution in [0, 0.1) is 0 Å². The molecule has 32 heavy (non-hydrogen) atoms. The number of rotatable bonds is 6. The molecule has 0 spiro atoms. The first kappa shape index (κ1) is 21.1. The summed E-state index contributed by atoms with van der Waals surface area (Å²) in [5, 5.41) is 5.98. The van der Waals surface area contributed by atoms with Crippen LogP contribution in [-0.2, 0) is 25.6 Å². The Morgan fingerprint density at radius 3 is 2.22 bits per heavy atom. The van der Waals surface area contributed by atoms with Gasteiger partial charge in [0.1, 0.15) is 13.2 Å². The van der Waals surface area contributed by atoms with Gasteiger partial charge in [0.15, 0.2) is 5.43 Å². The number of carbonyl (C=O) groups excluding carboxylic acids is 3. The maximum absolute atomic E-state index is 12.8. The summed E-state index contributed by atoms with van der Waals surface area (Å²) in [5.41, 5.74) is 1.47. The second-order valence-electron chi connectivity index (χ2n) is 7.10. The van der Waals surface area contributed by atoms with Crippen LogP contribution in [0.5, 0.6) is 0 Å². The molecule has 0 saturated carbocycles. The van der Waals surface area contributed by atoms with Gasteiger partial charge in [-0.3, -0.25) is 9.59 Å². The molecule has 3 aromatic rings. The first-order valence-corrected chi connectivity index (χ1v) is 10.1. The molecule has 1 aliphatic heterocycles. The molecule has 1 aliphatic rings. The molecule has 2 N–H and O–H groups in total. The minimum absolute atomic E-state index is 0.0213. The van der Waals surface area contributed by atoms with Crippen molar-refractivity contribution < 1.29 is 23.9 Å². The highest BCUT2D eigenvalue weighted by Gasteiger charge is 2.24. The predicted octanol–water partition coefficient (Wildman–Crippen LogP) is 1.83. The van der Waals surface area contributed by atoms with Gasteiger partial charge < -0.3 is 24.7 Å². The number of fused-ring (bicyclic) bond motifs is 2. The van der Waals surface area contributed by atoms with E-state index in [2.05, 4.69) is 10.6 Å². The molecular formula is C23H21N3O6. The second-order valence-corrected chi connectivity index (χ2v) is 7.10. The molecular weight excluding hydrogens is 414 g/mol. The van der Waals surface area contributed by atoms with E-state index in [4.69, 9.17) is 9.47 Å². The molecule has 164 valence electrons. The van der Waals surface area contributed by atoms with Gasteiger partial charge in [0.2, 0.25) is 0 Å². The van der Waals surface area contributed by atoms with Crippen molar-refractivity contribution in [2.45, 2.75) is 13.5 Å². The molecule has 0 unspecified atom stereocenters. The van der Waals surface area contributed by atoms with Crippen molar-refractivity contribution in [2.24, 2.45) is 0 Å². The topological polar surface area (TPSA) is 116 Å². The lowest BCUT2D eigenvalue weighted by Gasteiger charge is -2.21. The quantitative estimate of drug-likeness (QED) is 0.451. The first-order chi connectivity index (χ1) is 15.5. The molecule has 2 amide bonds. The largest absolute Gasteiger partial charge is 0.463 e. The highest BCUT2D eigenvalue weighted by molar-refractivity contribution is 5.95. The van der Waals surface area contributed by atoms with Crippen molar-refractivity contribution in [3.63, 3.8) is 0 Å². The highest BCUT2D eigenvalue weighted by Crippen LogP contribution is 2.19. The summed E-state index contributed by atoms with van der Waals surface area (Å²) in [6.45, 7) is 1.38. The van der Waals surface area contributed by atoms with Gasteiger partial charge in [0.05, 0.1) is 35.5 Å². The third kappa shape index (κ3) is 4.04. The fourth-order valence-corrected chi connectivity index (χ4v) is 3.64. The summed E-state index contributed by atoms with van der Waals surface area (Å²) in [6.07, 6.45) is 0. The van der Waals surface area contributed by atoms with Gasteiger partial charge in [-0.15, -0.1) is 0 Å². The Balaban J connectivity index is 1.62. The van der Waals surface area contributed by atoms with Crippen molar-refractivity contribution in [3.8, 4) is 0 Å². The van der Waals surface area contributed by atoms with Gasteiger partial charge in [-0.2, -0.15) is 0 Å². The molecule has 0 radical (unpaired) electrons. The minimum Gasteiger partial charge on any atom is -0.463 e. The van der Waals surface area contributed by atoms with E-state index >= 15 is 0 Å². The number of pyridine rings is 1. The number of amides is 2. The Morgan fingerprint density at radius 1 is 0.969 bits per heavy atom. The number of ether oxygens (including phenoxy) is 2. The van der Waals surface area contributed by atoms with E-state index in [1.807, 2.05) is 0 Å². The zero-order valence-electron chi connectivity index (χ0n) is 17.3. The van der Waals surface area contributed by atoms with Crippen molar-refractivity contribution >= 4 is 39.8 Å². The Kier molecular flexibility index (Phi) is 5.89. The zero-order chi connectivity index (χ0) is 22.7. The monoisotopic (exact) mass is 435 g/mol. The van der Waals surface area contributed by atoms with E-state index in [1.54, 1.807) is 60.0 Å². The Hall–Kier alpha value is -4.14. The third-order valence-corrected chi connectivity index (χ3v) is 5.12. The molecule has 0 aliphatic carbocycles. The molecule has 9 nitrogen and oxygen atoms in total. The normalized spacial score (nSPS) is 13.6. The number of benzene rings is 2. The number of nitrogens with one attached hydrogen (secondary N) is 2. The number of hydrogen-bond donors (Lipinski definition) is 2. The minimum atomic E-state index is -0.594. The molecule has 4 rings (SSSR count). The van der Waals surface area contributed by atoms with Crippen LogP contribution in [0.1, 0.15) is 6.92 Å². The molecule has 9 heteroatoms. The Morgan fingerprint density at radius 2 is 1.59 bits per heavy atom. The number of carbonyl (C=O) groups is 3. The maximum Gasteiger partial charge on any atom is 0.337 e. The fraction of sp³-hybridized carbons (Fsp3) is 0.217. The summed E-state index contributed by atoms with van der Waals surface area (Å²) < 4.78 is 12.1. The van der Waals surface area contributed by atoms with Crippen molar-refractivity contribution in [1.29, 1.82) is 0 Å². The Labute approximate surface area is 182 Å². The maximum atomic E-state index is 12.8. The number of nitrogens with zero attached hydrogens (tertiary/aromatic N) is 1. The van der Waals surface area contributed by atoms with E-state index < -0.39 is 18.0 Å². The summed E-state index contributed by atoms with van der Waals surface area (Å²) in [7, 11) is 0. The van der Waals surface area contributed by atoms with E-state index in [0.717, 1.165) is 0 Å². The van der Waals surface area contributed by atoms with Crippen molar-refractivity contribution in [1.82, 2.24) is 15.2 Å². The summed E-state index contributed by atoms with van der Waals surface area (Å²) >= 11 is 0. The number of para-hydroxylation sites is 2. The fourth-order valence-electron chi connectivity index (χ4n) is 3.64. The van der Waals surface area contributed by atoms with Gasteiger partial charge in [0, 0.05) is 10.8 Å². The number of hydrogen-bond acceptors (Lipinski definition) is 6. The molecule has 2 aromatic carbocycles. The van der Waals surface area contributed by atoms with Gasteiger partial charge in [-0.05, 0) is 31.2 Å². The Bertz CT molecular complexity index is 1260. The van der Waals surface area contributed by atoms with Crippen LogP contribution in [0.2, 0.25) is 0 Å². The van der Waals surface area contributed by atoms with Crippen LogP contribution in [0.15, 0.2) is 64.6 Å². The number of aromatic nitrogens is 1. The van der Waals surface area contributed by atoms with E-state index in [-0.39, 0.29) is 43.0 Å². The summed E-state index contributed by atoms with van der Waals surface area (Å²) in [6, 6.07) is 13.6. The van der Waals surface area contributed by atoms with Crippen molar-refractivity contribution in [2.75, 3.05) is 19.8 Å². The van der Waals surface area contributed by atoms with Gasteiger partial charge >= 0.3 is 18.0 Å². The molecule has 1 aromatic heterocycles. The van der Waals surface area contributed by atoms with E-state index in [0.29, 0.717) is 21.8 Å². The average molecular weight is 435 g/mol. The van der Waals surface area contributed by atoms with Crippen LogP contribution in [0.25, 0.3) is 21.8 Å². The lowest BCUT2D eigenvalue weighted by molar-refractivity contribution is -0.144. The smallest absolute Gasteiger partial charge is 0.337 e. The van der Waals surface area contributed by atoms with Gasteiger partial charge in [-0.25, -0.2) is 9.59 Å². The number of urea groups is 1. The van der Waals surface area contributed by atoms with Crippen molar-refractivity contribution in [3.05, 3.63) is 70.0 Å². The molecule has 0 bridgehead atoms. The first-order valence-electron chi connectivity index (χ1n) is 10.1. The van der Waals surface area contributed by atoms with Crippen LogP contribution in [-0.4, -0.2) is 42.3 Å². The summed E-state index contributed by atoms with van der Waals surface area (Å²) in [5.74, 6) is -1.18. The molecule has 0 saturated heterocycles. The van der Waals surface area contributed by atoms with E-state index in [9.17, 15) is 19.2 Å². The van der Waals surface area contributed by atoms with Crippen LogP contribution in [0.4, 0.5) is 4.79 Å². The average Bonchev–Trinajstić information content (AvgIpc) is 2.80. The third-order valence-electron chi connectivity index (χ3n) is 5.12. The SMILES string of the molecule is CCOC(=O)C1=C(COC(=O)Cn2c3ccccc3c(=O)c3ccccc32)NC(=O)NC1. The molecule has 0 atom stereocenters. The number of esters is 2.